The van der Waals surface area contributed by atoms with Gasteiger partial charge in [-0.25, -0.2) is 13.1 Å². The highest BCUT2D eigenvalue weighted by Gasteiger charge is 2.23. The minimum absolute atomic E-state index is 0.0192. The Morgan fingerprint density at radius 3 is 2.45 bits per heavy atom. The molecule has 0 amide bonds. The lowest BCUT2D eigenvalue weighted by atomic mass is 10.3. The number of benzene rings is 1. The van der Waals surface area contributed by atoms with Crippen molar-refractivity contribution in [2.75, 3.05) is 20.0 Å². The Kier molecular flexibility index (Phi) is 5.41. The molecule has 0 fully saturated rings. The van der Waals surface area contributed by atoms with E-state index in [1.807, 2.05) is 0 Å². The minimum atomic E-state index is -3.73. The van der Waals surface area contributed by atoms with Crippen LogP contribution in [-0.4, -0.2) is 28.7 Å². The van der Waals surface area contributed by atoms with Crippen molar-refractivity contribution in [3.8, 4) is 11.5 Å². The fraction of sp³-hybridized carbons (Fsp3) is 0.385. The third-order valence-corrected chi connectivity index (χ3v) is 4.29. The van der Waals surface area contributed by atoms with E-state index in [2.05, 4.69) is 11.3 Å². The zero-order valence-corrected chi connectivity index (χ0v) is 12.7. The van der Waals surface area contributed by atoms with Crippen LogP contribution in [0, 0.1) is 0 Å². The molecule has 112 valence electrons. The first-order chi connectivity index (χ1) is 9.35. The van der Waals surface area contributed by atoms with Crippen LogP contribution in [0.5, 0.6) is 11.5 Å². The maximum Gasteiger partial charge on any atom is 0.244 e. The molecule has 0 aliphatic heterocycles. The van der Waals surface area contributed by atoms with Gasteiger partial charge in [0.2, 0.25) is 10.0 Å². The first-order valence-corrected chi connectivity index (χ1v) is 7.48. The molecule has 0 bridgehead atoms. The average Bonchev–Trinajstić information content (AvgIpc) is 2.38. The molecular weight excluding hydrogens is 280 g/mol. The van der Waals surface area contributed by atoms with Crippen LogP contribution in [-0.2, 0) is 10.0 Å². The van der Waals surface area contributed by atoms with Crippen LogP contribution in [0.3, 0.4) is 0 Å². The number of anilines is 1. The molecule has 20 heavy (non-hydrogen) atoms. The fourth-order valence-electron chi connectivity index (χ4n) is 1.73. The topological polar surface area (TPSA) is 90.7 Å². The van der Waals surface area contributed by atoms with Crippen LogP contribution in [0.1, 0.15) is 13.3 Å². The molecule has 0 aromatic heterocycles. The van der Waals surface area contributed by atoms with Crippen LogP contribution in [0.15, 0.2) is 29.7 Å². The van der Waals surface area contributed by atoms with Crippen molar-refractivity contribution in [3.63, 3.8) is 0 Å². The number of sulfonamides is 1. The van der Waals surface area contributed by atoms with Crippen molar-refractivity contribution in [1.29, 1.82) is 0 Å². The molecule has 0 heterocycles. The van der Waals surface area contributed by atoms with Crippen molar-refractivity contribution >= 4 is 15.7 Å². The quantitative estimate of drug-likeness (QED) is 0.588. The van der Waals surface area contributed by atoms with Crippen molar-refractivity contribution in [1.82, 2.24) is 4.72 Å². The third-order valence-electron chi connectivity index (χ3n) is 2.68. The summed E-state index contributed by atoms with van der Waals surface area (Å²) in [5.41, 5.74) is 5.98. The van der Waals surface area contributed by atoms with E-state index in [4.69, 9.17) is 15.2 Å². The van der Waals surface area contributed by atoms with Gasteiger partial charge in [-0.3, -0.25) is 0 Å². The first kappa shape index (κ1) is 16.3. The van der Waals surface area contributed by atoms with Crippen LogP contribution in [0.2, 0.25) is 0 Å². The zero-order chi connectivity index (χ0) is 15.3. The summed E-state index contributed by atoms with van der Waals surface area (Å²) in [4.78, 5) is -0.0192. The van der Waals surface area contributed by atoms with Crippen LogP contribution < -0.4 is 19.9 Å². The molecular formula is C13H20N2O4S. The van der Waals surface area contributed by atoms with Crippen LogP contribution >= 0.6 is 0 Å². The summed E-state index contributed by atoms with van der Waals surface area (Å²) < 4.78 is 37.3. The molecule has 1 atom stereocenters. The van der Waals surface area contributed by atoms with Gasteiger partial charge in [-0.15, -0.1) is 6.58 Å². The summed E-state index contributed by atoms with van der Waals surface area (Å²) in [5, 5.41) is 0. The first-order valence-electron chi connectivity index (χ1n) is 6.00. The van der Waals surface area contributed by atoms with E-state index in [1.54, 1.807) is 13.0 Å². The molecule has 1 rings (SSSR count). The van der Waals surface area contributed by atoms with E-state index < -0.39 is 10.0 Å². The van der Waals surface area contributed by atoms with E-state index in [0.29, 0.717) is 12.2 Å². The van der Waals surface area contributed by atoms with E-state index in [9.17, 15) is 8.42 Å². The Hall–Kier alpha value is -1.73. The molecule has 0 saturated heterocycles. The molecule has 1 aromatic carbocycles. The van der Waals surface area contributed by atoms with E-state index in [1.165, 1.54) is 26.4 Å². The Morgan fingerprint density at radius 1 is 1.35 bits per heavy atom. The van der Waals surface area contributed by atoms with Gasteiger partial charge in [0.05, 0.1) is 19.9 Å². The summed E-state index contributed by atoms with van der Waals surface area (Å²) in [6.07, 6.45) is 2.17. The normalized spacial score (nSPS) is 12.8. The Balaban J connectivity index is 3.23. The van der Waals surface area contributed by atoms with Gasteiger partial charge in [-0.2, -0.15) is 0 Å². The molecule has 0 radical (unpaired) electrons. The molecule has 1 aromatic rings. The number of ether oxygens (including phenoxy) is 2. The lowest BCUT2D eigenvalue weighted by Crippen LogP contribution is -2.32. The van der Waals surface area contributed by atoms with Crippen molar-refractivity contribution in [3.05, 3.63) is 24.8 Å². The lowest BCUT2D eigenvalue weighted by molar-refractivity contribution is 0.387. The van der Waals surface area contributed by atoms with Crippen molar-refractivity contribution in [2.45, 2.75) is 24.3 Å². The second kappa shape index (κ2) is 6.62. The summed E-state index contributed by atoms with van der Waals surface area (Å²) in [7, 11) is -0.896. The van der Waals surface area contributed by atoms with Crippen LogP contribution in [0.25, 0.3) is 0 Å². The Labute approximate surface area is 119 Å². The number of hydrogen-bond acceptors (Lipinski definition) is 5. The van der Waals surface area contributed by atoms with Gasteiger partial charge in [-0.1, -0.05) is 6.08 Å². The van der Waals surface area contributed by atoms with Crippen molar-refractivity contribution < 1.29 is 17.9 Å². The number of nitrogens with one attached hydrogen (secondary N) is 1. The molecule has 0 aliphatic carbocycles. The number of nitrogen functional groups attached to an aromatic ring is 1. The van der Waals surface area contributed by atoms with E-state index in [0.717, 1.165) is 0 Å². The second-order valence-electron chi connectivity index (χ2n) is 4.29. The summed E-state index contributed by atoms with van der Waals surface area (Å²) >= 11 is 0. The van der Waals surface area contributed by atoms with E-state index >= 15 is 0 Å². The maximum atomic E-state index is 12.3. The Bertz CT molecular complexity index is 584. The van der Waals surface area contributed by atoms with Gasteiger partial charge in [-0.05, 0) is 19.4 Å². The number of methoxy groups -OCH3 is 2. The van der Waals surface area contributed by atoms with Crippen LogP contribution in [0.4, 0.5) is 5.69 Å². The van der Waals surface area contributed by atoms with Gasteiger partial charge in [0.15, 0.2) is 0 Å². The molecule has 7 heteroatoms. The third kappa shape index (κ3) is 3.64. The average molecular weight is 300 g/mol. The predicted octanol–water partition coefficient (Wildman–Crippen LogP) is 1.53. The van der Waals surface area contributed by atoms with Gasteiger partial charge in [0.25, 0.3) is 0 Å². The largest absolute Gasteiger partial charge is 0.495 e. The van der Waals surface area contributed by atoms with Gasteiger partial charge >= 0.3 is 0 Å². The van der Waals surface area contributed by atoms with Crippen molar-refractivity contribution in [2.24, 2.45) is 0 Å². The molecule has 3 N–H and O–H groups in total. The monoisotopic (exact) mass is 300 g/mol. The predicted molar refractivity (Wildman–Crippen MR) is 78.6 cm³/mol. The second-order valence-corrected chi connectivity index (χ2v) is 5.97. The number of hydrogen-bond donors (Lipinski definition) is 2. The molecule has 1 unspecified atom stereocenters. The van der Waals surface area contributed by atoms with Gasteiger partial charge < -0.3 is 15.2 Å². The highest BCUT2D eigenvalue weighted by Crippen LogP contribution is 2.33. The molecule has 6 nitrogen and oxygen atoms in total. The highest BCUT2D eigenvalue weighted by atomic mass is 32.2. The van der Waals surface area contributed by atoms with Gasteiger partial charge in [0, 0.05) is 12.1 Å². The highest BCUT2D eigenvalue weighted by molar-refractivity contribution is 7.89. The Morgan fingerprint density at radius 2 is 1.95 bits per heavy atom. The molecule has 0 saturated carbocycles. The zero-order valence-electron chi connectivity index (χ0n) is 11.8. The number of rotatable bonds is 7. The molecule has 0 spiro atoms. The van der Waals surface area contributed by atoms with E-state index in [-0.39, 0.29) is 22.4 Å². The SMILES string of the molecule is C=CCC(C)NS(=O)(=O)c1cc(N)c(OC)cc1OC. The number of nitrogens with two attached hydrogens (primary N) is 1. The summed E-state index contributed by atoms with van der Waals surface area (Å²) in [6, 6.07) is 2.49. The summed E-state index contributed by atoms with van der Waals surface area (Å²) in [6.45, 7) is 5.33. The fourth-order valence-corrected chi connectivity index (χ4v) is 3.17. The van der Waals surface area contributed by atoms with Gasteiger partial charge in [0.1, 0.15) is 16.4 Å². The maximum absolute atomic E-state index is 12.3. The minimum Gasteiger partial charge on any atom is -0.495 e. The molecule has 0 aliphatic rings. The lowest BCUT2D eigenvalue weighted by Gasteiger charge is -2.16. The summed E-state index contributed by atoms with van der Waals surface area (Å²) in [5.74, 6) is 0.536. The smallest absolute Gasteiger partial charge is 0.244 e. The standard InChI is InChI=1S/C13H20N2O4S/c1-5-6-9(2)15-20(16,17)13-7-10(14)11(18-3)8-12(13)19-4/h5,7-9,15H,1,6,14H2,2-4H3.